The molecule has 0 amide bonds. The number of sulfonamides is 1. The quantitative estimate of drug-likeness (QED) is 0.788. The summed E-state index contributed by atoms with van der Waals surface area (Å²) in [5, 5.41) is 9.62. The lowest BCUT2D eigenvalue weighted by Crippen LogP contribution is -2.33. The zero-order valence-corrected chi connectivity index (χ0v) is 12.0. The Morgan fingerprint density at radius 1 is 1.50 bits per heavy atom. The van der Waals surface area contributed by atoms with Gasteiger partial charge in [-0.05, 0) is 19.3 Å². The molecule has 0 spiro atoms. The highest BCUT2D eigenvalue weighted by Gasteiger charge is 2.19. The van der Waals surface area contributed by atoms with Crippen LogP contribution in [0.2, 0.25) is 0 Å². The molecule has 0 fully saturated rings. The second kappa shape index (κ2) is 5.81. The normalized spacial score (nSPS) is 14.1. The fourth-order valence-corrected chi connectivity index (χ4v) is 2.67. The van der Waals surface area contributed by atoms with Crippen LogP contribution in [0.3, 0.4) is 0 Å². The van der Waals surface area contributed by atoms with E-state index in [1.165, 1.54) is 6.20 Å². The number of aliphatic hydroxyl groups excluding tert-OH is 1. The Morgan fingerprint density at radius 2 is 2.11 bits per heavy atom. The van der Waals surface area contributed by atoms with Crippen LogP contribution in [0.25, 0.3) is 0 Å². The van der Waals surface area contributed by atoms with E-state index in [1.807, 2.05) is 13.8 Å². The van der Waals surface area contributed by atoms with Crippen molar-refractivity contribution in [3.8, 4) is 0 Å². The van der Waals surface area contributed by atoms with Crippen LogP contribution in [0, 0.1) is 12.8 Å². The number of aryl methyl sites for hydroxylation is 2. The van der Waals surface area contributed by atoms with Crippen molar-refractivity contribution in [2.75, 3.05) is 6.54 Å². The summed E-state index contributed by atoms with van der Waals surface area (Å²) in [6, 6.07) is 0. The van der Waals surface area contributed by atoms with E-state index in [9.17, 15) is 13.5 Å². The smallest absolute Gasteiger partial charge is 0.259 e. The molecule has 1 aromatic heterocycles. The Balaban J connectivity index is 2.66. The first kappa shape index (κ1) is 15.1. The number of imidazole rings is 1. The van der Waals surface area contributed by atoms with E-state index in [0.29, 0.717) is 18.2 Å². The van der Waals surface area contributed by atoms with Crippen LogP contribution in [0.1, 0.15) is 26.1 Å². The SMILES string of the molecule is Cc1nc(S(=O)(=O)NCC(O)CC(C)C)cn1C. The third kappa shape index (κ3) is 4.08. The molecular formula is C11H21N3O3S. The highest BCUT2D eigenvalue weighted by atomic mass is 32.2. The van der Waals surface area contributed by atoms with E-state index in [1.54, 1.807) is 18.5 Å². The van der Waals surface area contributed by atoms with Gasteiger partial charge in [0.05, 0.1) is 6.10 Å². The predicted octanol–water partition coefficient (Wildman–Crippen LogP) is 0.414. The number of hydrogen-bond acceptors (Lipinski definition) is 4. The highest BCUT2D eigenvalue weighted by Crippen LogP contribution is 2.08. The lowest BCUT2D eigenvalue weighted by Gasteiger charge is -2.13. The van der Waals surface area contributed by atoms with Gasteiger partial charge in [0.2, 0.25) is 0 Å². The van der Waals surface area contributed by atoms with E-state index >= 15 is 0 Å². The van der Waals surface area contributed by atoms with Crippen molar-refractivity contribution < 1.29 is 13.5 Å². The first-order valence-corrected chi connectivity index (χ1v) is 7.38. The summed E-state index contributed by atoms with van der Waals surface area (Å²) in [4.78, 5) is 3.95. The van der Waals surface area contributed by atoms with Crippen LogP contribution >= 0.6 is 0 Å². The molecule has 1 aromatic rings. The number of hydrogen-bond donors (Lipinski definition) is 2. The second-order valence-electron chi connectivity index (χ2n) is 4.87. The van der Waals surface area contributed by atoms with Gasteiger partial charge in [-0.15, -0.1) is 0 Å². The fourth-order valence-electron chi connectivity index (χ4n) is 1.56. The summed E-state index contributed by atoms with van der Waals surface area (Å²) in [6.07, 6.45) is 1.33. The summed E-state index contributed by atoms with van der Waals surface area (Å²) in [5.41, 5.74) is 0. The Labute approximate surface area is 108 Å². The van der Waals surface area contributed by atoms with Crippen molar-refractivity contribution >= 4 is 10.0 Å². The third-order valence-electron chi connectivity index (χ3n) is 2.61. The lowest BCUT2D eigenvalue weighted by molar-refractivity contribution is 0.152. The number of nitrogens with one attached hydrogen (secondary N) is 1. The van der Waals surface area contributed by atoms with Gasteiger partial charge in [-0.2, -0.15) is 0 Å². The molecule has 1 atom stereocenters. The zero-order chi connectivity index (χ0) is 13.9. The second-order valence-corrected chi connectivity index (χ2v) is 6.59. The summed E-state index contributed by atoms with van der Waals surface area (Å²) in [7, 11) is -1.90. The molecule has 18 heavy (non-hydrogen) atoms. The Hall–Kier alpha value is -0.920. The van der Waals surface area contributed by atoms with Crippen molar-refractivity contribution in [1.29, 1.82) is 0 Å². The van der Waals surface area contributed by atoms with Crippen LogP contribution in [0.5, 0.6) is 0 Å². The molecule has 0 aromatic carbocycles. The van der Waals surface area contributed by atoms with E-state index in [0.717, 1.165) is 0 Å². The van der Waals surface area contributed by atoms with Gasteiger partial charge < -0.3 is 9.67 Å². The summed E-state index contributed by atoms with van der Waals surface area (Å²) >= 11 is 0. The predicted molar refractivity (Wildman–Crippen MR) is 68.6 cm³/mol. The van der Waals surface area contributed by atoms with Crippen LogP contribution in [-0.2, 0) is 17.1 Å². The molecule has 104 valence electrons. The molecule has 0 aliphatic carbocycles. The van der Waals surface area contributed by atoms with E-state index in [4.69, 9.17) is 0 Å². The van der Waals surface area contributed by atoms with Gasteiger partial charge in [-0.1, -0.05) is 13.8 Å². The Kier molecular flexibility index (Phi) is 4.89. The standard InChI is InChI=1S/C11H21N3O3S/c1-8(2)5-10(15)6-12-18(16,17)11-7-14(4)9(3)13-11/h7-8,10,12,15H,5-6H2,1-4H3. The molecule has 1 rings (SSSR count). The van der Waals surface area contributed by atoms with E-state index < -0.39 is 16.1 Å². The van der Waals surface area contributed by atoms with Crippen LogP contribution in [0.15, 0.2) is 11.2 Å². The van der Waals surface area contributed by atoms with E-state index in [-0.39, 0.29) is 11.6 Å². The van der Waals surface area contributed by atoms with Gasteiger partial charge in [-0.3, -0.25) is 0 Å². The fraction of sp³-hybridized carbons (Fsp3) is 0.727. The van der Waals surface area contributed by atoms with Gasteiger partial charge >= 0.3 is 0 Å². The number of rotatable bonds is 6. The van der Waals surface area contributed by atoms with Crippen molar-refractivity contribution in [3.05, 3.63) is 12.0 Å². The van der Waals surface area contributed by atoms with Gasteiger partial charge in [0.25, 0.3) is 10.0 Å². The van der Waals surface area contributed by atoms with Crippen molar-refractivity contribution in [1.82, 2.24) is 14.3 Å². The highest BCUT2D eigenvalue weighted by molar-refractivity contribution is 7.89. The average molecular weight is 275 g/mol. The monoisotopic (exact) mass is 275 g/mol. The van der Waals surface area contributed by atoms with Crippen LogP contribution in [0.4, 0.5) is 0 Å². The van der Waals surface area contributed by atoms with Crippen molar-refractivity contribution in [3.63, 3.8) is 0 Å². The van der Waals surface area contributed by atoms with Gasteiger partial charge in [0.1, 0.15) is 5.82 Å². The first-order chi connectivity index (χ1) is 8.22. The molecule has 1 heterocycles. The molecule has 7 heteroatoms. The molecule has 0 saturated carbocycles. The minimum Gasteiger partial charge on any atom is -0.392 e. The average Bonchev–Trinajstić information content (AvgIpc) is 2.56. The van der Waals surface area contributed by atoms with Crippen LogP contribution < -0.4 is 4.72 Å². The molecule has 0 aliphatic heterocycles. The van der Waals surface area contributed by atoms with Crippen molar-refractivity contribution in [2.24, 2.45) is 13.0 Å². The molecule has 0 bridgehead atoms. The molecular weight excluding hydrogens is 254 g/mol. The summed E-state index contributed by atoms with van der Waals surface area (Å²) in [6.45, 7) is 5.68. The van der Waals surface area contributed by atoms with Crippen molar-refractivity contribution in [2.45, 2.75) is 38.3 Å². The third-order valence-corrected chi connectivity index (χ3v) is 3.91. The molecule has 6 nitrogen and oxygen atoms in total. The van der Waals surface area contributed by atoms with Gasteiger partial charge in [0.15, 0.2) is 5.03 Å². The minimum absolute atomic E-state index is 0.0101. The lowest BCUT2D eigenvalue weighted by atomic mass is 10.1. The molecule has 1 unspecified atom stereocenters. The topological polar surface area (TPSA) is 84.2 Å². The maximum absolute atomic E-state index is 11.9. The maximum Gasteiger partial charge on any atom is 0.259 e. The number of aliphatic hydroxyl groups is 1. The zero-order valence-electron chi connectivity index (χ0n) is 11.2. The summed E-state index contributed by atoms with van der Waals surface area (Å²) in [5.74, 6) is 0.944. The van der Waals surface area contributed by atoms with Gasteiger partial charge in [-0.25, -0.2) is 18.1 Å². The Bertz CT molecular complexity index is 474. The molecule has 2 N–H and O–H groups in total. The van der Waals surface area contributed by atoms with Crippen LogP contribution in [-0.4, -0.2) is 35.7 Å². The Morgan fingerprint density at radius 3 is 2.56 bits per heavy atom. The minimum atomic E-state index is -3.63. The molecule has 0 saturated heterocycles. The molecule has 0 aliphatic rings. The number of aromatic nitrogens is 2. The maximum atomic E-state index is 11.9. The number of nitrogens with zero attached hydrogens (tertiary/aromatic N) is 2. The summed E-state index contributed by atoms with van der Waals surface area (Å²) < 4.78 is 27.8. The van der Waals surface area contributed by atoms with Gasteiger partial charge in [0, 0.05) is 19.8 Å². The largest absolute Gasteiger partial charge is 0.392 e. The molecule has 0 radical (unpaired) electrons. The first-order valence-electron chi connectivity index (χ1n) is 5.90. The van der Waals surface area contributed by atoms with E-state index in [2.05, 4.69) is 9.71 Å².